The summed E-state index contributed by atoms with van der Waals surface area (Å²) in [5.41, 5.74) is 0. The van der Waals surface area contributed by atoms with E-state index in [0.29, 0.717) is 11.6 Å². The van der Waals surface area contributed by atoms with Crippen LogP contribution < -0.4 is 0 Å². The number of ether oxygens (including phenoxy) is 1. The molecule has 0 spiro atoms. The molecule has 3 N–H and O–H groups in total. The van der Waals surface area contributed by atoms with Crippen molar-refractivity contribution in [3.05, 3.63) is 11.6 Å². The monoisotopic (exact) mass is 229 g/mol. The number of aliphatic hydroxyl groups is 3. The van der Waals surface area contributed by atoms with Gasteiger partial charge in [0.1, 0.15) is 30.0 Å². The van der Waals surface area contributed by atoms with Crippen LogP contribution in [0.15, 0.2) is 0 Å². The Labute approximate surface area is 92.3 Å². The van der Waals surface area contributed by atoms with Crippen molar-refractivity contribution in [1.29, 1.82) is 0 Å². The maximum absolute atomic E-state index is 9.77. The van der Waals surface area contributed by atoms with Gasteiger partial charge in [-0.15, -0.1) is 0 Å². The molecule has 0 bridgehead atoms. The van der Waals surface area contributed by atoms with Crippen molar-refractivity contribution in [2.75, 3.05) is 6.61 Å². The zero-order valence-electron chi connectivity index (χ0n) is 9.11. The first-order valence-electron chi connectivity index (χ1n) is 5.06. The molecule has 7 nitrogen and oxygen atoms in total. The van der Waals surface area contributed by atoms with Gasteiger partial charge in [0, 0.05) is 0 Å². The van der Waals surface area contributed by atoms with Crippen LogP contribution in [0, 0.1) is 13.8 Å². The second-order valence-electron chi connectivity index (χ2n) is 3.88. The van der Waals surface area contributed by atoms with Gasteiger partial charge >= 0.3 is 0 Å². The van der Waals surface area contributed by atoms with Crippen LogP contribution in [0.4, 0.5) is 0 Å². The molecule has 1 aliphatic heterocycles. The van der Waals surface area contributed by atoms with Crippen LogP contribution in [0.1, 0.15) is 17.9 Å². The highest BCUT2D eigenvalue weighted by Crippen LogP contribution is 2.29. The first-order chi connectivity index (χ1) is 7.54. The standard InChI is InChI=1S/C9H15N3O4/c1-4-10-5(2)12(11-4)9-8(15)7(14)6(3-13)16-9/h6-9,13-15H,3H2,1-2H3/t6-,7?,8?,9-/m1/s1. The molecule has 1 aliphatic rings. The molecule has 1 fully saturated rings. The van der Waals surface area contributed by atoms with E-state index in [2.05, 4.69) is 10.1 Å². The summed E-state index contributed by atoms with van der Waals surface area (Å²) in [5.74, 6) is 1.16. The summed E-state index contributed by atoms with van der Waals surface area (Å²) in [6.07, 6.45) is -3.81. The van der Waals surface area contributed by atoms with Gasteiger partial charge in [-0.2, -0.15) is 5.10 Å². The van der Waals surface area contributed by atoms with Gasteiger partial charge in [-0.3, -0.25) is 0 Å². The number of rotatable bonds is 2. The summed E-state index contributed by atoms with van der Waals surface area (Å²) in [6.45, 7) is 3.11. The van der Waals surface area contributed by atoms with E-state index in [4.69, 9.17) is 9.84 Å². The molecule has 2 unspecified atom stereocenters. The van der Waals surface area contributed by atoms with E-state index in [9.17, 15) is 10.2 Å². The van der Waals surface area contributed by atoms with Gasteiger partial charge in [0.25, 0.3) is 0 Å². The third kappa shape index (κ3) is 1.71. The molecule has 90 valence electrons. The molecule has 2 rings (SSSR count). The molecular weight excluding hydrogens is 214 g/mol. The van der Waals surface area contributed by atoms with E-state index in [-0.39, 0.29) is 6.61 Å². The van der Waals surface area contributed by atoms with Crippen molar-refractivity contribution < 1.29 is 20.1 Å². The lowest BCUT2D eigenvalue weighted by atomic mass is 10.1. The van der Waals surface area contributed by atoms with Gasteiger partial charge in [0.05, 0.1) is 6.61 Å². The molecular formula is C9H15N3O4. The maximum atomic E-state index is 9.77. The highest BCUT2D eigenvalue weighted by Gasteiger charge is 2.44. The summed E-state index contributed by atoms with van der Waals surface area (Å²) in [5, 5.41) is 32.4. The quantitative estimate of drug-likeness (QED) is 0.571. The Balaban J connectivity index is 2.26. The van der Waals surface area contributed by atoms with E-state index < -0.39 is 24.5 Å². The lowest BCUT2D eigenvalue weighted by Crippen LogP contribution is -2.33. The Bertz CT molecular complexity index is 381. The minimum absolute atomic E-state index is 0.346. The number of hydrogen-bond donors (Lipinski definition) is 3. The second-order valence-corrected chi connectivity index (χ2v) is 3.88. The molecule has 1 aromatic rings. The molecule has 0 saturated carbocycles. The van der Waals surface area contributed by atoms with Crippen LogP contribution in [0.25, 0.3) is 0 Å². The number of hydrogen-bond acceptors (Lipinski definition) is 6. The Hall–Kier alpha value is -1.02. The molecule has 4 atom stereocenters. The Morgan fingerprint density at radius 1 is 1.31 bits per heavy atom. The summed E-state index contributed by atoms with van der Waals surface area (Å²) in [6, 6.07) is 0. The lowest BCUT2D eigenvalue weighted by molar-refractivity contribution is -0.0598. The second kappa shape index (κ2) is 4.10. The van der Waals surface area contributed by atoms with Crippen molar-refractivity contribution in [3.63, 3.8) is 0 Å². The van der Waals surface area contributed by atoms with E-state index >= 15 is 0 Å². The average Bonchev–Trinajstić information content (AvgIpc) is 2.70. The molecule has 0 aliphatic carbocycles. The van der Waals surface area contributed by atoms with Gasteiger partial charge in [0.2, 0.25) is 0 Å². The van der Waals surface area contributed by atoms with Crippen molar-refractivity contribution in [2.24, 2.45) is 0 Å². The van der Waals surface area contributed by atoms with Crippen molar-refractivity contribution >= 4 is 0 Å². The Morgan fingerprint density at radius 2 is 2.00 bits per heavy atom. The first-order valence-corrected chi connectivity index (χ1v) is 5.06. The topological polar surface area (TPSA) is 101 Å². The van der Waals surface area contributed by atoms with Crippen LogP contribution in [0.5, 0.6) is 0 Å². The Kier molecular flexibility index (Phi) is 2.94. The third-order valence-electron chi connectivity index (χ3n) is 2.67. The molecule has 0 radical (unpaired) electrons. The zero-order valence-corrected chi connectivity index (χ0v) is 9.11. The number of aromatic nitrogens is 3. The molecule has 1 aromatic heterocycles. The normalized spacial score (nSPS) is 34.6. The molecule has 1 saturated heterocycles. The average molecular weight is 229 g/mol. The van der Waals surface area contributed by atoms with E-state index in [0.717, 1.165) is 0 Å². The van der Waals surface area contributed by atoms with Gasteiger partial charge in [-0.1, -0.05) is 0 Å². The van der Waals surface area contributed by atoms with Crippen LogP contribution in [-0.2, 0) is 4.74 Å². The van der Waals surface area contributed by atoms with E-state index in [1.807, 2.05) is 0 Å². The molecule has 0 aromatic carbocycles. The first kappa shape index (κ1) is 11.5. The van der Waals surface area contributed by atoms with Crippen molar-refractivity contribution in [3.8, 4) is 0 Å². The highest BCUT2D eigenvalue weighted by atomic mass is 16.6. The molecule has 16 heavy (non-hydrogen) atoms. The smallest absolute Gasteiger partial charge is 0.181 e. The fourth-order valence-corrected chi connectivity index (χ4v) is 1.86. The number of aryl methyl sites for hydroxylation is 2. The summed E-state index contributed by atoms with van der Waals surface area (Å²) in [4.78, 5) is 4.08. The molecule has 0 amide bonds. The molecule has 2 heterocycles. The fourth-order valence-electron chi connectivity index (χ4n) is 1.86. The number of aliphatic hydroxyl groups excluding tert-OH is 3. The predicted octanol–water partition coefficient (Wildman–Crippen LogP) is -1.49. The van der Waals surface area contributed by atoms with Gasteiger partial charge in [-0.05, 0) is 13.8 Å². The number of nitrogens with zero attached hydrogens (tertiary/aromatic N) is 3. The van der Waals surface area contributed by atoms with Gasteiger partial charge in [-0.25, -0.2) is 9.67 Å². The highest BCUT2D eigenvalue weighted by molar-refractivity contribution is 4.95. The minimum atomic E-state index is -1.11. The summed E-state index contributed by atoms with van der Waals surface area (Å²) < 4.78 is 6.74. The van der Waals surface area contributed by atoms with E-state index in [1.54, 1.807) is 13.8 Å². The zero-order chi connectivity index (χ0) is 11.9. The van der Waals surface area contributed by atoms with Crippen molar-refractivity contribution in [2.45, 2.75) is 38.4 Å². The van der Waals surface area contributed by atoms with Crippen LogP contribution in [0.3, 0.4) is 0 Å². The third-order valence-corrected chi connectivity index (χ3v) is 2.67. The van der Waals surface area contributed by atoms with Crippen LogP contribution >= 0.6 is 0 Å². The van der Waals surface area contributed by atoms with Gasteiger partial charge < -0.3 is 20.1 Å². The SMILES string of the molecule is Cc1nc(C)n([C@@H]2O[C@H](CO)C(O)C2O)n1. The van der Waals surface area contributed by atoms with Gasteiger partial charge in [0.15, 0.2) is 6.23 Å². The Morgan fingerprint density at radius 3 is 2.44 bits per heavy atom. The predicted molar refractivity (Wildman–Crippen MR) is 52.5 cm³/mol. The van der Waals surface area contributed by atoms with Crippen LogP contribution in [0.2, 0.25) is 0 Å². The minimum Gasteiger partial charge on any atom is -0.394 e. The largest absolute Gasteiger partial charge is 0.394 e. The van der Waals surface area contributed by atoms with Crippen LogP contribution in [-0.4, -0.2) is 55.0 Å². The lowest BCUT2D eigenvalue weighted by Gasteiger charge is -2.15. The molecule has 7 heteroatoms. The van der Waals surface area contributed by atoms with E-state index in [1.165, 1.54) is 4.68 Å². The summed E-state index contributed by atoms with van der Waals surface area (Å²) >= 11 is 0. The summed E-state index contributed by atoms with van der Waals surface area (Å²) in [7, 11) is 0. The maximum Gasteiger partial charge on any atom is 0.181 e. The fraction of sp³-hybridized carbons (Fsp3) is 0.778. The van der Waals surface area contributed by atoms with Crippen molar-refractivity contribution in [1.82, 2.24) is 14.8 Å².